The minimum Gasteiger partial charge on any atom is -0.534 e. The summed E-state index contributed by atoms with van der Waals surface area (Å²) in [5.41, 5.74) is 4.66. The average molecular weight is 428 g/mol. The van der Waals surface area contributed by atoms with Gasteiger partial charge in [0.05, 0.1) is 22.3 Å². The molecule has 1 aliphatic heterocycles. The van der Waals surface area contributed by atoms with Crippen LogP contribution in [0.5, 0.6) is 0 Å². The van der Waals surface area contributed by atoms with Gasteiger partial charge in [0.1, 0.15) is 11.2 Å². The van der Waals surface area contributed by atoms with Gasteiger partial charge < -0.3 is 9.31 Å². The molecule has 0 amide bonds. The number of pyridine rings is 1. The van der Waals surface area contributed by atoms with E-state index in [2.05, 4.69) is 83.8 Å². The van der Waals surface area contributed by atoms with Crippen LogP contribution in [0.15, 0.2) is 91.2 Å². The Hall–Kier alpha value is -3.83. The third-order valence-corrected chi connectivity index (χ3v) is 6.84. The largest absolute Gasteiger partial charge is 0.563 e. The molecule has 1 saturated heterocycles. The Morgan fingerprint density at radius 1 is 0.818 bits per heavy atom. The van der Waals surface area contributed by atoms with Crippen molar-refractivity contribution in [2.45, 2.75) is 19.4 Å². The van der Waals surface area contributed by atoms with Gasteiger partial charge in [-0.05, 0) is 59.7 Å². The van der Waals surface area contributed by atoms with Crippen LogP contribution in [0.4, 0.5) is 0 Å². The van der Waals surface area contributed by atoms with Crippen molar-refractivity contribution in [3.63, 3.8) is 0 Å². The highest BCUT2D eigenvalue weighted by Crippen LogP contribution is 2.35. The molecular formula is C28H21BN2O2. The fraction of sp³-hybridized carbons (Fsp3) is 0.107. The van der Waals surface area contributed by atoms with Crippen molar-refractivity contribution in [3.8, 4) is 0 Å². The number of aromatic nitrogens is 2. The Kier molecular flexibility index (Phi) is 3.61. The molecule has 1 aliphatic rings. The van der Waals surface area contributed by atoms with Crippen molar-refractivity contribution in [3.05, 3.63) is 91.2 Å². The van der Waals surface area contributed by atoms with Crippen LogP contribution in [0, 0.1) is 0 Å². The summed E-state index contributed by atoms with van der Waals surface area (Å²) >= 11 is 0. The Labute approximate surface area is 191 Å². The first-order valence-corrected chi connectivity index (χ1v) is 11.2. The van der Waals surface area contributed by atoms with E-state index in [4.69, 9.17) is 14.3 Å². The normalized spacial score (nSPS) is 15.9. The van der Waals surface area contributed by atoms with Crippen molar-refractivity contribution in [1.29, 1.82) is 0 Å². The monoisotopic (exact) mass is 428 g/mol. The number of para-hydroxylation sites is 2. The second-order valence-corrected chi connectivity index (χ2v) is 9.28. The summed E-state index contributed by atoms with van der Waals surface area (Å²) < 4.78 is 14.4. The van der Waals surface area contributed by atoms with E-state index in [9.17, 15) is 0 Å². The molecule has 0 atom stereocenters. The molecule has 2 aromatic heterocycles. The fourth-order valence-electron chi connectivity index (χ4n) is 4.97. The van der Waals surface area contributed by atoms with Gasteiger partial charge in [0, 0.05) is 10.8 Å². The second-order valence-electron chi connectivity index (χ2n) is 9.28. The minimum atomic E-state index is -0.511. The lowest BCUT2D eigenvalue weighted by Gasteiger charge is -2.15. The number of fused-ring (bicyclic) bond motifs is 9. The van der Waals surface area contributed by atoms with Crippen LogP contribution < -0.4 is 5.46 Å². The number of hydrogen-bond donors (Lipinski definition) is 0. The first-order chi connectivity index (χ1) is 16.0. The Morgan fingerprint density at radius 2 is 1.58 bits per heavy atom. The molecule has 3 heterocycles. The number of imidazole rings is 1. The van der Waals surface area contributed by atoms with E-state index in [0.29, 0.717) is 5.76 Å². The van der Waals surface area contributed by atoms with E-state index in [-0.39, 0.29) is 0 Å². The smallest absolute Gasteiger partial charge is 0.534 e. The van der Waals surface area contributed by atoms with E-state index < -0.39 is 12.7 Å². The molecule has 0 unspecified atom stereocenters. The van der Waals surface area contributed by atoms with Crippen LogP contribution >= 0.6 is 0 Å². The first-order valence-electron chi connectivity index (χ1n) is 11.2. The Morgan fingerprint density at radius 3 is 2.36 bits per heavy atom. The molecule has 1 fully saturated rings. The van der Waals surface area contributed by atoms with Gasteiger partial charge in [-0.3, -0.25) is 4.40 Å². The molecule has 7 rings (SSSR count). The quantitative estimate of drug-likeness (QED) is 0.184. The van der Waals surface area contributed by atoms with Crippen LogP contribution in [0.3, 0.4) is 0 Å². The van der Waals surface area contributed by atoms with Gasteiger partial charge in [0.2, 0.25) is 0 Å². The highest BCUT2D eigenvalue weighted by molar-refractivity contribution is 6.62. The summed E-state index contributed by atoms with van der Waals surface area (Å²) in [5, 5.41) is 5.84. The van der Waals surface area contributed by atoms with Crippen molar-refractivity contribution in [2.75, 3.05) is 0 Å². The molecule has 33 heavy (non-hydrogen) atoms. The van der Waals surface area contributed by atoms with Crippen molar-refractivity contribution in [1.82, 2.24) is 9.38 Å². The van der Waals surface area contributed by atoms with Crippen molar-refractivity contribution < 1.29 is 9.31 Å². The number of rotatable bonds is 1. The third kappa shape index (κ3) is 2.60. The lowest BCUT2D eigenvalue weighted by atomic mass is 9.78. The standard InChI is InChI=1S/C28H21BN2O2/c1-17-28(2,3)33-29(32-17)20-12-13-21-22(16-20)23-14-18-8-4-5-9-19(18)15-26(23)31-25-11-7-6-10-24(25)30-27(21)31/h4-16H,1H2,2-3H3. The first kappa shape index (κ1) is 18.7. The van der Waals surface area contributed by atoms with Crippen LogP contribution in [0.25, 0.3) is 49.1 Å². The van der Waals surface area contributed by atoms with E-state index in [1.54, 1.807) is 0 Å². The van der Waals surface area contributed by atoms with Crippen LogP contribution in [0.2, 0.25) is 0 Å². The molecule has 0 N–H and O–H groups in total. The molecule has 0 spiro atoms. The zero-order valence-corrected chi connectivity index (χ0v) is 18.5. The third-order valence-electron chi connectivity index (χ3n) is 6.84. The molecule has 0 aliphatic carbocycles. The molecule has 0 saturated carbocycles. The molecule has 4 aromatic carbocycles. The summed E-state index contributed by atoms with van der Waals surface area (Å²) in [6.45, 7) is 8.00. The fourth-order valence-corrected chi connectivity index (χ4v) is 4.97. The lowest BCUT2D eigenvalue weighted by Crippen LogP contribution is -2.34. The number of hydrogen-bond acceptors (Lipinski definition) is 3. The van der Waals surface area contributed by atoms with Gasteiger partial charge in [0.25, 0.3) is 0 Å². The predicted octanol–water partition coefficient (Wildman–Crippen LogP) is 5.98. The molecule has 0 bridgehead atoms. The molecule has 0 radical (unpaired) electrons. The van der Waals surface area contributed by atoms with E-state index in [0.717, 1.165) is 38.4 Å². The maximum Gasteiger partial charge on any atom is 0.563 e. The van der Waals surface area contributed by atoms with Crippen molar-refractivity contribution in [2.24, 2.45) is 0 Å². The maximum absolute atomic E-state index is 6.17. The summed E-state index contributed by atoms with van der Waals surface area (Å²) in [4.78, 5) is 5.02. The predicted molar refractivity (Wildman–Crippen MR) is 136 cm³/mol. The topological polar surface area (TPSA) is 35.8 Å². The minimum absolute atomic E-state index is 0.470. The molecular weight excluding hydrogens is 407 g/mol. The van der Waals surface area contributed by atoms with Gasteiger partial charge >= 0.3 is 7.12 Å². The summed E-state index contributed by atoms with van der Waals surface area (Å²) in [6.07, 6.45) is 0. The SMILES string of the molecule is C=C1OB(c2ccc3c(c2)c2cc4ccccc4cc2n2c4ccccc4nc32)OC1(C)C. The van der Waals surface area contributed by atoms with Crippen LogP contribution in [-0.2, 0) is 9.31 Å². The van der Waals surface area contributed by atoms with Gasteiger partial charge in [0.15, 0.2) is 0 Å². The van der Waals surface area contributed by atoms with Gasteiger partial charge in [-0.15, -0.1) is 0 Å². The number of nitrogens with zero attached hydrogens (tertiary/aromatic N) is 2. The number of benzene rings is 4. The average Bonchev–Trinajstić information content (AvgIpc) is 3.34. The molecule has 5 heteroatoms. The van der Waals surface area contributed by atoms with Gasteiger partial charge in [-0.25, -0.2) is 4.98 Å². The van der Waals surface area contributed by atoms with Gasteiger partial charge in [-0.1, -0.05) is 61.2 Å². The zero-order valence-electron chi connectivity index (χ0n) is 18.5. The van der Waals surface area contributed by atoms with Gasteiger partial charge in [-0.2, -0.15) is 0 Å². The van der Waals surface area contributed by atoms with E-state index in [1.807, 2.05) is 19.9 Å². The van der Waals surface area contributed by atoms with Crippen LogP contribution in [-0.4, -0.2) is 22.1 Å². The van der Waals surface area contributed by atoms with Crippen LogP contribution in [0.1, 0.15) is 13.8 Å². The zero-order chi connectivity index (χ0) is 22.3. The van der Waals surface area contributed by atoms with E-state index in [1.165, 1.54) is 16.2 Å². The summed E-state index contributed by atoms with van der Waals surface area (Å²) in [6, 6.07) is 27.8. The van der Waals surface area contributed by atoms with E-state index >= 15 is 0 Å². The second kappa shape index (κ2) is 6.36. The summed E-state index contributed by atoms with van der Waals surface area (Å²) in [5.74, 6) is 0.651. The Balaban J connectivity index is 1.62. The highest BCUT2D eigenvalue weighted by Gasteiger charge is 2.42. The van der Waals surface area contributed by atoms with Crippen molar-refractivity contribution >= 4 is 61.7 Å². The lowest BCUT2D eigenvalue weighted by molar-refractivity contribution is 0.173. The summed E-state index contributed by atoms with van der Waals surface area (Å²) in [7, 11) is -0.470. The Bertz CT molecular complexity index is 1780. The molecule has 158 valence electrons. The molecule has 6 aromatic rings. The maximum atomic E-state index is 6.17. The highest BCUT2D eigenvalue weighted by atomic mass is 16.7. The molecule has 4 nitrogen and oxygen atoms in total.